The average molecular weight is 502 g/mol. The van der Waals surface area contributed by atoms with Crippen molar-refractivity contribution in [3.8, 4) is 11.4 Å². The van der Waals surface area contributed by atoms with Gasteiger partial charge in [-0.3, -0.25) is 4.79 Å². The molecule has 1 saturated heterocycles. The lowest BCUT2D eigenvalue weighted by molar-refractivity contribution is -0.114. The highest BCUT2D eigenvalue weighted by Crippen LogP contribution is 2.30. The molecule has 9 nitrogen and oxygen atoms in total. The number of hydrogen-bond donors (Lipinski definition) is 2. The maximum Gasteiger partial charge on any atom is 0.243 e. The summed E-state index contributed by atoms with van der Waals surface area (Å²) in [5, 5.41) is 9.92. The summed E-state index contributed by atoms with van der Waals surface area (Å²) in [6.07, 6.45) is 4.19. The Hall–Kier alpha value is -3.44. The fourth-order valence-corrected chi connectivity index (χ4v) is 5.56. The first kappa shape index (κ1) is 24.7. The molecule has 35 heavy (non-hydrogen) atoms. The molecule has 0 spiro atoms. The number of ether oxygens (including phenoxy) is 1. The number of nitrogens with zero attached hydrogens (tertiary/aromatic N) is 3. The van der Waals surface area contributed by atoms with Crippen LogP contribution >= 0.6 is 0 Å². The molecule has 0 aliphatic carbocycles. The normalized spacial score (nSPS) is 14.5. The lowest BCUT2D eigenvalue weighted by atomic mass is 10.2. The van der Waals surface area contributed by atoms with Crippen molar-refractivity contribution in [2.45, 2.75) is 31.1 Å². The van der Waals surface area contributed by atoms with E-state index < -0.39 is 21.7 Å². The van der Waals surface area contributed by atoms with Crippen molar-refractivity contribution >= 4 is 27.3 Å². The van der Waals surface area contributed by atoms with Crippen LogP contribution in [0.5, 0.6) is 5.75 Å². The summed E-state index contributed by atoms with van der Waals surface area (Å²) in [6.45, 7) is 2.62. The number of piperidine rings is 1. The Kier molecular flexibility index (Phi) is 7.37. The van der Waals surface area contributed by atoms with Crippen LogP contribution in [0.1, 0.15) is 25.0 Å². The number of carbonyl (C=O) groups is 1. The SMILES string of the molecule is COc1ccc(S(=O)(=O)N2CCCCC2)cc1NC(=O)CNc1cnn(-c2ccccc2F)c1C. The van der Waals surface area contributed by atoms with E-state index in [1.165, 1.54) is 46.6 Å². The molecule has 2 aromatic carbocycles. The predicted molar refractivity (Wildman–Crippen MR) is 131 cm³/mol. The Morgan fingerprint density at radius 3 is 2.57 bits per heavy atom. The van der Waals surface area contributed by atoms with Gasteiger partial charge in [-0.05, 0) is 50.1 Å². The summed E-state index contributed by atoms with van der Waals surface area (Å²) in [7, 11) is -2.22. The topological polar surface area (TPSA) is 106 Å². The Balaban J connectivity index is 1.46. The number of amides is 1. The lowest BCUT2D eigenvalue weighted by Gasteiger charge is -2.26. The molecule has 0 atom stereocenters. The Bertz CT molecular complexity index is 1320. The third-order valence-corrected chi connectivity index (χ3v) is 7.82. The van der Waals surface area contributed by atoms with E-state index in [1.54, 1.807) is 25.1 Å². The van der Waals surface area contributed by atoms with Crippen molar-refractivity contribution in [3.63, 3.8) is 0 Å². The molecular weight excluding hydrogens is 473 g/mol. The van der Waals surface area contributed by atoms with Gasteiger partial charge in [0.15, 0.2) is 0 Å². The minimum Gasteiger partial charge on any atom is -0.495 e. The van der Waals surface area contributed by atoms with E-state index in [2.05, 4.69) is 15.7 Å². The third kappa shape index (κ3) is 5.30. The van der Waals surface area contributed by atoms with Crippen LogP contribution < -0.4 is 15.4 Å². The van der Waals surface area contributed by atoms with Crippen LogP contribution in [0.4, 0.5) is 15.8 Å². The summed E-state index contributed by atoms with van der Waals surface area (Å²) in [5.41, 5.74) is 1.77. The van der Waals surface area contributed by atoms with Crippen LogP contribution in [0.15, 0.2) is 53.6 Å². The smallest absolute Gasteiger partial charge is 0.243 e. The van der Waals surface area contributed by atoms with Gasteiger partial charge in [-0.1, -0.05) is 18.6 Å². The highest BCUT2D eigenvalue weighted by Gasteiger charge is 2.27. The molecule has 1 fully saturated rings. The average Bonchev–Trinajstić information content (AvgIpc) is 3.23. The third-order valence-electron chi connectivity index (χ3n) is 5.93. The first-order chi connectivity index (χ1) is 16.8. The van der Waals surface area contributed by atoms with Crippen molar-refractivity contribution in [2.24, 2.45) is 0 Å². The van der Waals surface area contributed by atoms with E-state index in [0.29, 0.717) is 35.9 Å². The lowest BCUT2D eigenvalue weighted by Crippen LogP contribution is -2.35. The van der Waals surface area contributed by atoms with E-state index >= 15 is 0 Å². The maximum absolute atomic E-state index is 14.1. The minimum absolute atomic E-state index is 0.102. The molecule has 1 aliphatic heterocycles. The van der Waals surface area contributed by atoms with Gasteiger partial charge in [0.1, 0.15) is 17.3 Å². The van der Waals surface area contributed by atoms with Crippen molar-refractivity contribution in [1.29, 1.82) is 0 Å². The molecule has 3 aromatic rings. The predicted octanol–water partition coefficient (Wildman–Crippen LogP) is 3.55. The summed E-state index contributed by atoms with van der Waals surface area (Å²) in [5.74, 6) is -0.470. The molecule has 2 heterocycles. The van der Waals surface area contributed by atoms with Gasteiger partial charge >= 0.3 is 0 Å². The van der Waals surface area contributed by atoms with E-state index in [0.717, 1.165) is 19.3 Å². The summed E-state index contributed by atoms with van der Waals surface area (Å²) in [6, 6.07) is 10.7. The van der Waals surface area contributed by atoms with Gasteiger partial charge in [-0.25, -0.2) is 17.5 Å². The molecule has 1 aliphatic rings. The second-order valence-electron chi connectivity index (χ2n) is 8.24. The molecule has 0 radical (unpaired) electrons. The van der Waals surface area contributed by atoms with Gasteiger partial charge < -0.3 is 15.4 Å². The number of benzene rings is 2. The number of nitrogens with one attached hydrogen (secondary N) is 2. The highest BCUT2D eigenvalue weighted by molar-refractivity contribution is 7.89. The molecule has 0 unspecified atom stereocenters. The molecular formula is C24H28FN5O4S. The number of halogens is 1. The Morgan fingerprint density at radius 2 is 1.86 bits per heavy atom. The zero-order chi connectivity index (χ0) is 25.0. The monoisotopic (exact) mass is 501 g/mol. The molecule has 1 amide bonds. The molecule has 11 heteroatoms. The standard InChI is InChI=1S/C24H28FN5O4S/c1-17-21(15-27-30(17)22-9-5-4-8-19(22)25)26-16-24(31)28-20-14-18(10-11-23(20)34-2)35(32,33)29-12-6-3-7-13-29/h4-5,8-11,14-15,26H,3,6-7,12-13,16H2,1-2H3,(H,28,31). The van der Waals surface area contributed by atoms with E-state index in [4.69, 9.17) is 4.74 Å². The molecule has 4 rings (SSSR count). The Labute approximate surface area is 203 Å². The summed E-state index contributed by atoms with van der Waals surface area (Å²) in [4.78, 5) is 12.8. The Morgan fingerprint density at radius 1 is 1.11 bits per heavy atom. The van der Waals surface area contributed by atoms with Crippen LogP contribution in [-0.2, 0) is 14.8 Å². The highest BCUT2D eigenvalue weighted by atomic mass is 32.2. The van der Waals surface area contributed by atoms with Crippen LogP contribution in [-0.4, -0.2) is 55.2 Å². The van der Waals surface area contributed by atoms with Crippen LogP contribution in [0, 0.1) is 12.7 Å². The van der Waals surface area contributed by atoms with E-state index in [9.17, 15) is 17.6 Å². The van der Waals surface area contributed by atoms with Crippen LogP contribution in [0.2, 0.25) is 0 Å². The summed E-state index contributed by atoms with van der Waals surface area (Å²) >= 11 is 0. The molecule has 0 bridgehead atoms. The van der Waals surface area contributed by atoms with Gasteiger partial charge in [0.2, 0.25) is 15.9 Å². The number of carbonyl (C=O) groups excluding carboxylic acids is 1. The first-order valence-corrected chi connectivity index (χ1v) is 12.8. The largest absolute Gasteiger partial charge is 0.495 e. The second kappa shape index (κ2) is 10.4. The summed E-state index contributed by atoms with van der Waals surface area (Å²) < 4.78 is 48.4. The van der Waals surface area contributed by atoms with Gasteiger partial charge in [-0.2, -0.15) is 9.40 Å². The van der Waals surface area contributed by atoms with E-state index in [1.807, 2.05) is 0 Å². The number of methoxy groups -OCH3 is 1. The van der Waals surface area contributed by atoms with Crippen molar-refractivity contribution in [3.05, 3.63) is 60.2 Å². The van der Waals surface area contributed by atoms with Gasteiger partial charge in [-0.15, -0.1) is 0 Å². The van der Waals surface area contributed by atoms with Crippen LogP contribution in [0.3, 0.4) is 0 Å². The maximum atomic E-state index is 14.1. The minimum atomic E-state index is -3.66. The molecule has 0 saturated carbocycles. The van der Waals surface area contributed by atoms with Gasteiger partial charge in [0.25, 0.3) is 0 Å². The van der Waals surface area contributed by atoms with Gasteiger partial charge in [0, 0.05) is 13.1 Å². The fourth-order valence-electron chi connectivity index (χ4n) is 4.02. The van der Waals surface area contributed by atoms with Crippen molar-refractivity contribution in [2.75, 3.05) is 37.4 Å². The zero-order valence-electron chi connectivity index (χ0n) is 19.6. The fraction of sp³-hybridized carbons (Fsp3) is 0.333. The molecule has 1 aromatic heterocycles. The second-order valence-corrected chi connectivity index (χ2v) is 10.2. The molecule has 186 valence electrons. The van der Waals surface area contributed by atoms with Crippen LogP contribution in [0.25, 0.3) is 5.69 Å². The first-order valence-electron chi connectivity index (χ1n) is 11.3. The number of anilines is 2. The number of rotatable bonds is 8. The van der Waals surface area contributed by atoms with Crippen molar-refractivity contribution in [1.82, 2.24) is 14.1 Å². The zero-order valence-corrected chi connectivity index (χ0v) is 20.4. The molecule has 2 N–H and O–H groups in total. The number of sulfonamides is 1. The number of para-hydroxylation sites is 1. The quantitative estimate of drug-likeness (QED) is 0.489. The van der Waals surface area contributed by atoms with Gasteiger partial charge in [0.05, 0.1) is 41.8 Å². The van der Waals surface area contributed by atoms with E-state index in [-0.39, 0.29) is 17.1 Å². The van der Waals surface area contributed by atoms with Crippen molar-refractivity contribution < 1.29 is 22.3 Å². The number of hydrogen-bond acceptors (Lipinski definition) is 6. The number of aromatic nitrogens is 2.